The summed E-state index contributed by atoms with van der Waals surface area (Å²) in [7, 11) is 1.72. The number of ether oxygens (including phenoxy) is 3. The smallest absolute Gasteiger partial charge is 0.118 e. The van der Waals surface area contributed by atoms with Gasteiger partial charge in [-0.1, -0.05) is 48.5 Å². The molecule has 0 amide bonds. The van der Waals surface area contributed by atoms with Crippen LogP contribution in [0.3, 0.4) is 0 Å². The number of hydrogen-bond acceptors (Lipinski definition) is 3. The van der Waals surface area contributed by atoms with E-state index >= 15 is 0 Å². The van der Waals surface area contributed by atoms with Crippen LogP contribution in [-0.2, 0) is 9.47 Å². The molecule has 3 atom stereocenters. The molecule has 5 rings (SSSR count). The normalized spacial score (nSPS) is 28.4. The highest BCUT2D eigenvalue weighted by Gasteiger charge is 2.50. The summed E-state index contributed by atoms with van der Waals surface area (Å²) in [6, 6.07) is 19.3. The number of benzene rings is 2. The molecule has 2 aliphatic heterocycles. The van der Waals surface area contributed by atoms with E-state index in [1.165, 1.54) is 23.1 Å². The molecule has 3 nitrogen and oxygen atoms in total. The molecular formula is C26H30O3. The summed E-state index contributed by atoms with van der Waals surface area (Å²) in [6.07, 6.45) is 8.23. The van der Waals surface area contributed by atoms with Gasteiger partial charge in [0.2, 0.25) is 0 Å². The highest BCUT2D eigenvalue weighted by molar-refractivity contribution is 5.67. The van der Waals surface area contributed by atoms with Gasteiger partial charge in [0.1, 0.15) is 5.75 Å². The molecule has 0 unspecified atom stereocenters. The van der Waals surface area contributed by atoms with Crippen molar-refractivity contribution in [2.24, 2.45) is 11.8 Å². The molecule has 2 heterocycles. The molecule has 3 heteroatoms. The summed E-state index contributed by atoms with van der Waals surface area (Å²) in [5.74, 6) is 1.98. The lowest BCUT2D eigenvalue weighted by Crippen LogP contribution is -2.35. The molecule has 3 aliphatic rings. The molecule has 2 aromatic carbocycles. The summed E-state index contributed by atoms with van der Waals surface area (Å²) in [5.41, 5.74) is 4.13. The van der Waals surface area contributed by atoms with Crippen LogP contribution in [0.15, 0.2) is 60.7 Å². The Labute approximate surface area is 173 Å². The number of hydrogen-bond donors (Lipinski definition) is 0. The number of allylic oxidation sites excluding steroid dienone is 2. The van der Waals surface area contributed by atoms with Gasteiger partial charge < -0.3 is 14.2 Å². The average molecular weight is 391 g/mol. The maximum Gasteiger partial charge on any atom is 0.118 e. The second-order valence-electron chi connectivity index (χ2n) is 8.74. The van der Waals surface area contributed by atoms with Crippen LogP contribution in [0.4, 0.5) is 0 Å². The first-order valence-electron chi connectivity index (χ1n) is 10.9. The lowest BCUT2D eigenvalue weighted by atomic mass is 9.78. The van der Waals surface area contributed by atoms with Crippen molar-refractivity contribution in [3.05, 3.63) is 71.8 Å². The Morgan fingerprint density at radius 2 is 1.72 bits per heavy atom. The van der Waals surface area contributed by atoms with Crippen molar-refractivity contribution >= 4 is 5.57 Å². The van der Waals surface area contributed by atoms with E-state index in [4.69, 9.17) is 14.2 Å². The van der Waals surface area contributed by atoms with Gasteiger partial charge in [0.15, 0.2) is 0 Å². The first-order valence-corrected chi connectivity index (χ1v) is 10.9. The highest BCUT2D eigenvalue weighted by Crippen LogP contribution is 2.54. The standard InChI is InChI=1S/C26H30O3/c1-27-23-11-9-20(10-12-23)25-24(18-26(29-25)13-15-28-16-14-26)22-8-7-21(17-22)19-5-3-2-4-6-19/h2-6,9-12,17,22,24-25H,7-8,13-16,18H2,1H3/t22-,24-,25-/m1/s1. The Hall–Kier alpha value is -2.10. The highest BCUT2D eigenvalue weighted by atomic mass is 16.5. The van der Waals surface area contributed by atoms with Crippen molar-refractivity contribution in [2.75, 3.05) is 20.3 Å². The van der Waals surface area contributed by atoms with Crippen LogP contribution in [0.5, 0.6) is 5.75 Å². The van der Waals surface area contributed by atoms with Crippen molar-refractivity contribution in [1.29, 1.82) is 0 Å². The van der Waals surface area contributed by atoms with Crippen LogP contribution in [0.1, 0.15) is 49.3 Å². The van der Waals surface area contributed by atoms with Gasteiger partial charge in [-0.15, -0.1) is 0 Å². The molecule has 0 radical (unpaired) electrons. The lowest BCUT2D eigenvalue weighted by Gasteiger charge is -2.33. The molecule has 152 valence electrons. The van der Waals surface area contributed by atoms with Crippen molar-refractivity contribution in [1.82, 2.24) is 0 Å². The Kier molecular flexibility index (Phi) is 5.19. The minimum Gasteiger partial charge on any atom is -0.497 e. The lowest BCUT2D eigenvalue weighted by molar-refractivity contribution is -0.106. The largest absolute Gasteiger partial charge is 0.497 e. The maximum atomic E-state index is 6.87. The molecular weight excluding hydrogens is 360 g/mol. The van der Waals surface area contributed by atoms with Crippen LogP contribution in [-0.4, -0.2) is 25.9 Å². The quantitative estimate of drug-likeness (QED) is 0.659. The second kappa shape index (κ2) is 7.97. The van der Waals surface area contributed by atoms with E-state index in [1.807, 2.05) is 0 Å². The van der Waals surface area contributed by atoms with E-state index in [2.05, 4.69) is 60.7 Å². The molecule has 1 spiro atoms. The van der Waals surface area contributed by atoms with Gasteiger partial charge in [-0.3, -0.25) is 0 Å². The van der Waals surface area contributed by atoms with E-state index in [1.54, 1.807) is 7.11 Å². The van der Waals surface area contributed by atoms with Gasteiger partial charge in [0.25, 0.3) is 0 Å². The fourth-order valence-corrected chi connectivity index (χ4v) is 5.47. The number of methoxy groups -OCH3 is 1. The van der Waals surface area contributed by atoms with Gasteiger partial charge in [0, 0.05) is 13.2 Å². The number of rotatable bonds is 4. The monoisotopic (exact) mass is 390 g/mol. The predicted molar refractivity (Wildman–Crippen MR) is 115 cm³/mol. The summed E-state index contributed by atoms with van der Waals surface area (Å²) in [4.78, 5) is 0. The summed E-state index contributed by atoms with van der Waals surface area (Å²) >= 11 is 0. The zero-order chi connectivity index (χ0) is 19.7. The molecule has 1 aliphatic carbocycles. The Morgan fingerprint density at radius 1 is 0.966 bits per heavy atom. The summed E-state index contributed by atoms with van der Waals surface area (Å²) in [6.45, 7) is 1.63. The zero-order valence-corrected chi connectivity index (χ0v) is 17.2. The third kappa shape index (κ3) is 3.74. The third-order valence-electron chi connectivity index (χ3n) is 7.08. The van der Waals surface area contributed by atoms with Crippen molar-refractivity contribution in [3.63, 3.8) is 0 Å². The Bertz CT molecular complexity index is 849. The molecule has 2 fully saturated rings. The van der Waals surface area contributed by atoms with Crippen LogP contribution >= 0.6 is 0 Å². The molecule has 0 N–H and O–H groups in total. The maximum absolute atomic E-state index is 6.87. The van der Waals surface area contributed by atoms with Gasteiger partial charge in [-0.2, -0.15) is 0 Å². The third-order valence-corrected chi connectivity index (χ3v) is 7.08. The second-order valence-corrected chi connectivity index (χ2v) is 8.74. The van der Waals surface area contributed by atoms with Crippen molar-refractivity contribution < 1.29 is 14.2 Å². The average Bonchev–Trinajstić information content (AvgIpc) is 3.41. The minimum atomic E-state index is -0.0170. The van der Waals surface area contributed by atoms with Gasteiger partial charge in [-0.25, -0.2) is 0 Å². The van der Waals surface area contributed by atoms with E-state index in [-0.39, 0.29) is 11.7 Å². The van der Waals surface area contributed by atoms with Crippen molar-refractivity contribution in [3.8, 4) is 5.75 Å². The van der Waals surface area contributed by atoms with Crippen molar-refractivity contribution in [2.45, 2.75) is 43.8 Å². The van der Waals surface area contributed by atoms with Crippen LogP contribution in [0, 0.1) is 11.8 Å². The molecule has 0 bridgehead atoms. The molecule has 2 saturated heterocycles. The minimum absolute atomic E-state index is 0.0170. The van der Waals surface area contributed by atoms with Crippen LogP contribution < -0.4 is 4.74 Å². The van der Waals surface area contributed by atoms with Gasteiger partial charge in [0.05, 0.1) is 18.8 Å². The Balaban J connectivity index is 1.44. The van der Waals surface area contributed by atoms with Crippen LogP contribution in [0.2, 0.25) is 0 Å². The van der Waals surface area contributed by atoms with Gasteiger partial charge >= 0.3 is 0 Å². The summed E-state index contributed by atoms with van der Waals surface area (Å²) in [5, 5.41) is 0. The Morgan fingerprint density at radius 3 is 2.45 bits per heavy atom. The molecule has 29 heavy (non-hydrogen) atoms. The molecule has 0 saturated carbocycles. The topological polar surface area (TPSA) is 27.7 Å². The zero-order valence-electron chi connectivity index (χ0n) is 17.2. The first-order chi connectivity index (χ1) is 14.3. The summed E-state index contributed by atoms with van der Waals surface area (Å²) < 4.78 is 17.9. The van der Waals surface area contributed by atoms with E-state index in [0.29, 0.717) is 11.8 Å². The fourth-order valence-electron chi connectivity index (χ4n) is 5.47. The first kappa shape index (κ1) is 18.9. The SMILES string of the molecule is COc1ccc([C@H]2OC3(CCOCC3)C[C@@H]2[C@H]2C=C(c3ccccc3)CC2)cc1. The van der Waals surface area contributed by atoms with E-state index in [0.717, 1.165) is 44.6 Å². The molecule has 2 aromatic rings. The predicted octanol–water partition coefficient (Wildman–Crippen LogP) is 5.82. The van der Waals surface area contributed by atoms with Crippen LogP contribution in [0.25, 0.3) is 5.57 Å². The van der Waals surface area contributed by atoms with E-state index in [9.17, 15) is 0 Å². The fraction of sp³-hybridized carbons (Fsp3) is 0.462. The van der Waals surface area contributed by atoms with Gasteiger partial charge in [-0.05, 0) is 72.8 Å². The van der Waals surface area contributed by atoms with E-state index < -0.39 is 0 Å². The molecule has 0 aromatic heterocycles.